The molecular weight excluding hydrogens is 320 g/mol. The Kier molecular flexibility index (Phi) is 4.63. The van der Waals surface area contributed by atoms with Gasteiger partial charge in [0.1, 0.15) is 0 Å². The topological polar surface area (TPSA) is 42.4 Å². The fourth-order valence-corrected chi connectivity index (χ4v) is 4.00. The van der Waals surface area contributed by atoms with E-state index in [0.717, 1.165) is 43.0 Å². The zero-order chi connectivity index (χ0) is 16.4. The van der Waals surface area contributed by atoms with Crippen molar-refractivity contribution in [1.29, 1.82) is 0 Å². The number of thiophene rings is 1. The summed E-state index contributed by atoms with van der Waals surface area (Å²) in [6, 6.07) is 6.04. The molecule has 2 aliphatic rings. The SMILES string of the molecule is O=C(c1ccsc1)N1CC[C@H](OCC2CC2)[C@@H]1Cc1cccnc1. The molecule has 0 spiro atoms. The maximum absolute atomic E-state index is 12.9. The maximum atomic E-state index is 12.9. The Hall–Kier alpha value is -1.72. The van der Waals surface area contributed by atoms with Gasteiger partial charge >= 0.3 is 0 Å². The fraction of sp³-hybridized carbons (Fsp3) is 0.474. The number of ether oxygens (including phenoxy) is 1. The molecule has 24 heavy (non-hydrogen) atoms. The Morgan fingerprint density at radius 3 is 2.96 bits per heavy atom. The summed E-state index contributed by atoms with van der Waals surface area (Å²) in [5.41, 5.74) is 1.95. The lowest BCUT2D eigenvalue weighted by Gasteiger charge is -2.28. The van der Waals surface area contributed by atoms with Gasteiger partial charge in [-0.05, 0) is 54.7 Å². The molecule has 0 bridgehead atoms. The van der Waals surface area contributed by atoms with Crippen LogP contribution >= 0.6 is 11.3 Å². The van der Waals surface area contributed by atoms with Crippen molar-refractivity contribution in [2.24, 2.45) is 5.92 Å². The molecule has 2 aromatic heterocycles. The first-order valence-electron chi connectivity index (χ1n) is 8.65. The van der Waals surface area contributed by atoms with Gasteiger partial charge in [0.05, 0.1) is 17.7 Å². The van der Waals surface area contributed by atoms with Crippen LogP contribution in [-0.4, -0.2) is 41.1 Å². The van der Waals surface area contributed by atoms with Gasteiger partial charge in [0.2, 0.25) is 0 Å². The number of rotatable bonds is 6. The number of carbonyl (C=O) groups excluding carboxylic acids is 1. The van der Waals surface area contributed by atoms with Gasteiger partial charge in [0.15, 0.2) is 0 Å². The summed E-state index contributed by atoms with van der Waals surface area (Å²) in [5, 5.41) is 3.89. The molecule has 2 aromatic rings. The number of aromatic nitrogens is 1. The van der Waals surface area contributed by atoms with Gasteiger partial charge in [-0.25, -0.2) is 0 Å². The van der Waals surface area contributed by atoms with Crippen LogP contribution in [0.1, 0.15) is 35.2 Å². The minimum atomic E-state index is 0.0975. The van der Waals surface area contributed by atoms with E-state index >= 15 is 0 Å². The first kappa shape index (κ1) is 15.8. The van der Waals surface area contributed by atoms with Crippen LogP contribution in [0.5, 0.6) is 0 Å². The van der Waals surface area contributed by atoms with E-state index in [2.05, 4.69) is 11.1 Å². The van der Waals surface area contributed by atoms with E-state index in [1.54, 1.807) is 17.5 Å². The molecule has 2 fully saturated rings. The highest BCUT2D eigenvalue weighted by Crippen LogP contribution is 2.32. The molecule has 126 valence electrons. The minimum Gasteiger partial charge on any atom is -0.376 e. The van der Waals surface area contributed by atoms with Crippen molar-refractivity contribution in [2.75, 3.05) is 13.2 Å². The van der Waals surface area contributed by atoms with Crippen LogP contribution in [0.4, 0.5) is 0 Å². The van der Waals surface area contributed by atoms with E-state index in [9.17, 15) is 4.79 Å². The number of nitrogens with zero attached hydrogens (tertiary/aromatic N) is 2. The van der Waals surface area contributed by atoms with E-state index in [1.807, 2.05) is 34.0 Å². The lowest BCUT2D eigenvalue weighted by molar-refractivity contribution is 0.0200. The summed E-state index contributed by atoms with van der Waals surface area (Å²) in [6.07, 6.45) is 8.12. The lowest BCUT2D eigenvalue weighted by Crippen LogP contribution is -2.42. The van der Waals surface area contributed by atoms with Gasteiger partial charge in [-0.2, -0.15) is 11.3 Å². The number of likely N-dealkylation sites (tertiary alicyclic amines) is 1. The van der Waals surface area contributed by atoms with Crippen LogP contribution in [0.2, 0.25) is 0 Å². The highest BCUT2D eigenvalue weighted by Gasteiger charge is 2.39. The third-order valence-corrected chi connectivity index (χ3v) is 5.61. The van der Waals surface area contributed by atoms with Crippen LogP contribution < -0.4 is 0 Å². The van der Waals surface area contributed by atoms with Crippen LogP contribution in [0.25, 0.3) is 0 Å². The Bertz CT molecular complexity index is 670. The molecule has 5 heteroatoms. The molecule has 2 atom stereocenters. The Labute approximate surface area is 146 Å². The van der Waals surface area contributed by atoms with Gasteiger partial charge < -0.3 is 9.64 Å². The third-order valence-electron chi connectivity index (χ3n) is 4.92. The molecule has 1 saturated carbocycles. The molecule has 4 nitrogen and oxygen atoms in total. The summed E-state index contributed by atoms with van der Waals surface area (Å²) >= 11 is 1.57. The largest absolute Gasteiger partial charge is 0.376 e. The number of pyridine rings is 1. The first-order valence-corrected chi connectivity index (χ1v) is 9.59. The second-order valence-electron chi connectivity index (χ2n) is 6.75. The fourth-order valence-electron chi connectivity index (χ4n) is 3.37. The average molecular weight is 342 g/mol. The molecule has 4 rings (SSSR count). The normalized spacial score (nSPS) is 23.6. The average Bonchev–Trinajstić information content (AvgIpc) is 3.12. The van der Waals surface area contributed by atoms with Crippen LogP contribution in [0.3, 0.4) is 0 Å². The van der Waals surface area contributed by atoms with E-state index in [1.165, 1.54) is 12.8 Å². The molecule has 1 aliphatic heterocycles. The Morgan fingerprint density at radius 1 is 1.33 bits per heavy atom. The highest BCUT2D eigenvalue weighted by atomic mass is 32.1. The monoisotopic (exact) mass is 342 g/mol. The van der Waals surface area contributed by atoms with Crippen molar-refractivity contribution >= 4 is 17.2 Å². The van der Waals surface area contributed by atoms with Crippen molar-refractivity contribution in [3.8, 4) is 0 Å². The molecule has 0 aromatic carbocycles. The van der Waals surface area contributed by atoms with E-state index in [-0.39, 0.29) is 18.1 Å². The first-order chi connectivity index (χ1) is 11.8. The zero-order valence-corrected chi connectivity index (χ0v) is 14.5. The van der Waals surface area contributed by atoms with Gasteiger partial charge in [-0.3, -0.25) is 9.78 Å². The van der Waals surface area contributed by atoms with Crippen molar-refractivity contribution < 1.29 is 9.53 Å². The van der Waals surface area contributed by atoms with Crippen molar-refractivity contribution in [1.82, 2.24) is 9.88 Å². The zero-order valence-electron chi connectivity index (χ0n) is 13.6. The van der Waals surface area contributed by atoms with Gasteiger partial charge in [-0.15, -0.1) is 0 Å². The van der Waals surface area contributed by atoms with Crippen molar-refractivity contribution in [2.45, 2.75) is 37.8 Å². The van der Waals surface area contributed by atoms with Crippen LogP contribution in [0.15, 0.2) is 41.4 Å². The predicted molar refractivity (Wildman–Crippen MR) is 94.2 cm³/mol. The number of hydrogen-bond donors (Lipinski definition) is 0. The van der Waals surface area contributed by atoms with Gasteiger partial charge in [0.25, 0.3) is 5.91 Å². The minimum absolute atomic E-state index is 0.0975. The van der Waals surface area contributed by atoms with Gasteiger partial charge in [0, 0.05) is 30.9 Å². The van der Waals surface area contributed by atoms with E-state index < -0.39 is 0 Å². The quantitative estimate of drug-likeness (QED) is 0.808. The Balaban J connectivity index is 1.51. The molecule has 0 radical (unpaired) electrons. The summed E-state index contributed by atoms with van der Waals surface area (Å²) in [6.45, 7) is 1.61. The lowest BCUT2D eigenvalue weighted by atomic mass is 10.0. The smallest absolute Gasteiger partial charge is 0.255 e. The number of amides is 1. The summed E-state index contributed by atoms with van der Waals surface area (Å²) < 4.78 is 6.20. The molecule has 1 amide bonds. The van der Waals surface area contributed by atoms with Gasteiger partial charge in [-0.1, -0.05) is 6.07 Å². The summed E-state index contributed by atoms with van der Waals surface area (Å²) in [4.78, 5) is 19.1. The molecule has 3 heterocycles. The van der Waals surface area contributed by atoms with E-state index in [4.69, 9.17) is 4.74 Å². The second kappa shape index (κ2) is 7.03. The van der Waals surface area contributed by atoms with Crippen molar-refractivity contribution in [3.63, 3.8) is 0 Å². The maximum Gasteiger partial charge on any atom is 0.255 e. The molecular formula is C19H22N2O2S. The molecule has 0 unspecified atom stereocenters. The third kappa shape index (κ3) is 3.52. The molecule has 1 aliphatic carbocycles. The highest BCUT2D eigenvalue weighted by molar-refractivity contribution is 7.08. The number of hydrogen-bond acceptors (Lipinski definition) is 4. The van der Waals surface area contributed by atoms with Crippen molar-refractivity contribution in [3.05, 3.63) is 52.5 Å². The number of carbonyl (C=O) groups is 1. The molecule has 0 N–H and O–H groups in total. The van der Waals surface area contributed by atoms with E-state index in [0.29, 0.717) is 0 Å². The van der Waals surface area contributed by atoms with Crippen LogP contribution in [-0.2, 0) is 11.2 Å². The summed E-state index contributed by atoms with van der Waals surface area (Å²) in [7, 11) is 0. The Morgan fingerprint density at radius 2 is 2.25 bits per heavy atom. The molecule has 1 saturated heterocycles. The second-order valence-corrected chi connectivity index (χ2v) is 7.53. The summed E-state index contributed by atoms with van der Waals surface area (Å²) in [5.74, 6) is 0.869. The van der Waals surface area contributed by atoms with Crippen LogP contribution in [0, 0.1) is 5.92 Å². The predicted octanol–water partition coefficient (Wildman–Crippen LogP) is 3.40. The standard InChI is InChI=1S/C19H22N2O2S/c22-19(16-6-9-24-13-16)21-8-5-18(23-12-14-3-4-14)17(21)10-15-2-1-7-20-11-15/h1-2,6-7,9,11,13-14,17-18H,3-5,8,10,12H2/t17-,18-/m0/s1.